The number of hydrogen-bond acceptors (Lipinski definition) is 3. The van der Waals surface area contributed by atoms with Gasteiger partial charge in [-0.05, 0) is 25.8 Å². The van der Waals surface area contributed by atoms with Gasteiger partial charge in [0.25, 0.3) is 5.56 Å². The Morgan fingerprint density at radius 1 is 1.18 bits per heavy atom. The van der Waals surface area contributed by atoms with Crippen LogP contribution < -0.4 is 16.1 Å². The Morgan fingerprint density at radius 2 is 1.86 bits per heavy atom. The second kappa shape index (κ2) is 5.48. The maximum Gasteiger partial charge on any atom is 0.329 e. The molecule has 2 atom stereocenters. The third-order valence-electron chi connectivity index (χ3n) is 4.56. The zero-order valence-electron chi connectivity index (χ0n) is 13.2. The molecule has 3 rings (SSSR count). The fourth-order valence-electron chi connectivity index (χ4n) is 3.14. The number of hydrogen-bond donors (Lipinski definition) is 1. The molecule has 0 radical (unpaired) electrons. The van der Waals surface area contributed by atoms with Gasteiger partial charge in [-0.3, -0.25) is 14.3 Å². The Kier molecular flexibility index (Phi) is 3.64. The standard InChI is InChI=1S/C17H21N3O2/c1-11-4-6-13(7-5-11)14-8-12(2)20(10-14)15-9-16(21)19(3)17(22)18-15/h4-7,9,12,14H,8,10H2,1-3H3,(H,18,22). The van der Waals surface area contributed by atoms with Crippen molar-refractivity contribution in [1.82, 2.24) is 9.55 Å². The van der Waals surface area contributed by atoms with Crippen LogP contribution in [-0.2, 0) is 7.05 Å². The van der Waals surface area contributed by atoms with E-state index in [1.807, 2.05) is 0 Å². The quantitative estimate of drug-likeness (QED) is 0.919. The van der Waals surface area contributed by atoms with E-state index >= 15 is 0 Å². The molecule has 1 fully saturated rings. The summed E-state index contributed by atoms with van der Waals surface area (Å²) in [5.74, 6) is 1.04. The van der Waals surface area contributed by atoms with E-state index in [4.69, 9.17) is 0 Å². The number of benzene rings is 1. The molecule has 5 heteroatoms. The van der Waals surface area contributed by atoms with Gasteiger partial charge in [-0.2, -0.15) is 0 Å². The zero-order chi connectivity index (χ0) is 15.9. The van der Waals surface area contributed by atoms with E-state index in [1.165, 1.54) is 24.2 Å². The number of anilines is 1. The first-order valence-corrected chi connectivity index (χ1v) is 7.59. The summed E-state index contributed by atoms with van der Waals surface area (Å²) in [5.41, 5.74) is 1.92. The molecule has 1 aromatic heterocycles. The number of aromatic amines is 1. The predicted molar refractivity (Wildman–Crippen MR) is 87.6 cm³/mol. The molecule has 2 unspecified atom stereocenters. The van der Waals surface area contributed by atoms with Crippen LogP contribution in [0.5, 0.6) is 0 Å². The second-order valence-electron chi connectivity index (χ2n) is 6.20. The van der Waals surface area contributed by atoms with Crippen molar-refractivity contribution >= 4 is 5.82 Å². The van der Waals surface area contributed by atoms with Gasteiger partial charge < -0.3 is 4.90 Å². The number of aromatic nitrogens is 2. The lowest BCUT2D eigenvalue weighted by Gasteiger charge is -2.23. The SMILES string of the molecule is Cc1ccc(C2CC(C)N(c3cc(=O)n(C)c(=O)[nH]3)C2)cc1. The molecular formula is C17H21N3O2. The average Bonchev–Trinajstić information content (AvgIpc) is 2.87. The lowest BCUT2D eigenvalue weighted by atomic mass is 9.96. The van der Waals surface area contributed by atoms with E-state index in [9.17, 15) is 9.59 Å². The van der Waals surface area contributed by atoms with Crippen molar-refractivity contribution in [3.63, 3.8) is 0 Å². The molecule has 1 aliphatic heterocycles. The van der Waals surface area contributed by atoms with Crippen molar-refractivity contribution < 1.29 is 0 Å². The van der Waals surface area contributed by atoms with Crippen LogP contribution in [0.2, 0.25) is 0 Å². The highest BCUT2D eigenvalue weighted by Gasteiger charge is 2.31. The summed E-state index contributed by atoms with van der Waals surface area (Å²) in [5, 5.41) is 0. The molecule has 1 N–H and O–H groups in total. The minimum Gasteiger partial charge on any atom is -0.355 e. The third kappa shape index (κ3) is 2.58. The first-order valence-electron chi connectivity index (χ1n) is 7.59. The maximum atomic E-state index is 11.8. The molecule has 0 bridgehead atoms. The molecule has 0 spiro atoms. The molecule has 1 aromatic carbocycles. The van der Waals surface area contributed by atoms with Crippen LogP contribution >= 0.6 is 0 Å². The lowest BCUT2D eigenvalue weighted by molar-refractivity contribution is 0.690. The van der Waals surface area contributed by atoms with Crippen LogP contribution in [0.15, 0.2) is 39.9 Å². The van der Waals surface area contributed by atoms with Crippen LogP contribution in [0.1, 0.15) is 30.4 Å². The van der Waals surface area contributed by atoms with Gasteiger partial charge in [0.1, 0.15) is 5.82 Å². The van der Waals surface area contributed by atoms with Gasteiger partial charge in [0.2, 0.25) is 0 Å². The fourth-order valence-corrected chi connectivity index (χ4v) is 3.14. The summed E-state index contributed by atoms with van der Waals surface area (Å²) in [7, 11) is 1.48. The first kappa shape index (κ1) is 14.6. The molecule has 5 nitrogen and oxygen atoms in total. The van der Waals surface area contributed by atoms with Gasteiger partial charge in [0, 0.05) is 31.6 Å². The summed E-state index contributed by atoms with van der Waals surface area (Å²) in [6, 6.07) is 10.4. The van der Waals surface area contributed by atoms with E-state index in [2.05, 4.69) is 48.0 Å². The van der Waals surface area contributed by atoms with Crippen LogP contribution in [0.3, 0.4) is 0 Å². The molecule has 2 aromatic rings. The molecule has 1 saturated heterocycles. The molecule has 0 amide bonds. The van der Waals surface area contributed by atoms with Crippen molar-refractivity contribution in [3.05, 3.63) is 62.3 Å². The highest BCUT2D eigenvalue weighted by molar-refractivity contribution is 5.42. The van der Waals surface area contributed by atoms with Gasteiger partial charge in [-0.1, -0.05) is 29.8 Å². The summed E-state index contributed by atoms with van der Waals surface area (Å²) < 4.78 is 1.09. The van der Waals surface area contributed by atoms with E-state index < -0.39 is 0 Å². The summed E-state index contributed by atoms with van der Waals surface area (Å²) >= 11 is 0. The highest BCUT2D eigenvalue weighted by atomic mass is 16.2. The molecule has 1 aliphatic rings. The number of nitrogens with one attached hydrogen (secondary N) is 1. The Hall–Kier alpha value is -2.30. The second-order valence-corrected chi connectivity index (χ2v) is 6.20. The highest BCUT2D eigenvalue weighted by Crippen LogP contribution is 2.33. The molecule has 2 heterocycles. The van der Waals surface area contributed by atoms with Crippen molar-refractivity contribution in [2.75, 3.05) is 11.4 Å². The molecule has 116 valence electrons. The summed E-state index contributed by atoms with van der Waals surface area (Å²) in [4.78, 5) is 28.5. The Balaban J connectivity index is 1.89. The minimum atomic E-state index is -0.367. The van der Waals surface area contributed by atoms with E-state index in [0.29, 0.717) is 11.7 Å². The number of aryl methyl sites for hydroxylation is 1. The molecule has 0 saturated carbocycles. The van der Waals surface area contributed by atoms with E-state index in [-0.39, 0.29) is 17.3 Å². The van der Waals surface area contributed by atoms with Crippen molar-refractivity contribution in [3.8, 4) is 0 Å². The number of rotatable bonds is 2. The van der Waals surface area contributed by atoms with Crippen molar-refractivity contribution in [2.45, 2.75) is 32.2 Å². The van der Waals surface area contributed by atoms with Gasteiger partial charge in [-0.25, -0.2) is 4.79 Å². The van der Waals surface area contributed by atoms with Crippen LogP contribution in [0, 0.1) is 6.92 Å². The van der Waals surface area contributed by atoms with Gasteiger partial charge in [-0.15, -0.1) is 0 Å². The number of nitrogens with zero attached hydrogens (tertiary/aromatic N) is 2. The normalized spacial score (nSPS) is 21.3. The van der Waals surface area contributed by atoms with E-state index in [1.54, 1.807) is 0 Å². The van der Waals surface area contributed by atoms with Crippen LogP contribution in [0.4, 0.5) is 5.82 Å². The first-order chi connectivity index (χ1) is 10.5. The minimum absolute atomic E-state index is 0.273. The topological polar surface area (TPSA) is 58.1 Å². The Labute approximate surface area is 129 Å². The predicted octanol–water partition coefficient (Wildman–Crippen LogP) is 1.76. The molecular weight excluding hydrogens is 278 g/mol. The monoisotopic (exact) mass is 299 g/mol. The van der Waals surface area contributed by atoms with Crippen LogP contribution in [-0.4, -0.2) is 22.1 Å². The Bertz CT molecular complexity index is 758. The third-order valence-corrected chi connectivity index (χ3v) is 4.56. The molecule has 22 heavy (non-hydrogen) atoms. The van der Waals surface area contributed by atoms with Gasteiger partial charge in [0.15, 0.2) is 0 Å². The lowest BCUT2D eigenvalue weighted by Crippen LogP contribution is -2.37. The maximum absolute atomic E-state index is 11.8. The van der Waals surface area contributed by atoms with Crippen LogP contribution in [0.25, 0.3) is 0 Å². The zero-order valence-corrected chi connectivity index (χ0v) is 13.2. The van der Waals surface area contributed by atoms with Gasteiger partial charge in [0.05, 0.1) is 0 Å². The average molecular weight is 299 g/mol. The van der Waals surface area contributed by atoms with Crippen molar-refractivity contribution in [2.24, 2.45) is 7.05 Å². The van der Waals surface area contributed by atoms with Crippen molar-refractivity contribution in [1.29, 1.82) is 0 Å². The molecule has 0 aliphatic carbocycles. The summed E-state index contributed by atoms with van der Waals surface area (Å²) in [6.07, 6.45) is 1.01. The van der Waals surface area contributed by atoms with E-state index in [0.717, 1.165) is 17.5 Å². The number of H-pyrrole nitrogens is 1. The smallest absolute Gasteiger partial charge is 0.329 e. The fraction of sp³-hybridized carbons (Fsp3) is 0.412. The summed E-state index contributed by atoms with van der Waals surface area (Å²) in [6.45, 7) is 5.02. The largest absolute Gasteiger partial charge is 0.355 e. The van der Waals surface area contributed by atoms with Gasteiger partial charge >= 0.3 is 5.69 Å². The Morgan fingerprint density at radius 3 is 2.50 bits per heavy atom.